The highest BCUT2D eigenvalue weighted by Gasteiger charge is 2.54. The minimum Gasteiger partial charge on any atom is -0.310 e. The van der Waals surface area contributed by atoms with Gasteiger partial charge in [0, 0.05) is 39.4 Å². The number of para-hydroxylation sites is 3. The standard InChI is InChI=1S/C76H54N2/c1-75(2)68-37-20-18-33-61(68)66-47-58(44-46-69(66)75)77(55-27-12-5-13-28-55)59-43-45-63-64-36-22-35-60(54-41-39-52(40-42-54)51-23-8-3-9-24-51)74(64)76(71(63)48-59)70-38-21-19-34-62(70)67-49-65(53-25-10-4-11-26-53)73(50-72(67)76)78(56-29-14-6-15-30-56)57-31-16-7-17-32-57/h3-50H,1-2H3. The molecule has 3 aliphatic rings. The van der Waals surface area contributed by atoms with Crippen molar-refractivity contribution in [3.05, 3.63) is 325 Å². The van der Waals surface area contributed by atoms with Gasteiger partial charge in [0.1, 0.15) is 0 Å². The quantitative estimate of drug-likeness (QED) is 0.142. The fourth-order valence-electron chi connectivity index (χ4n) is 13.6. The molecule has 1 atom stereocenters. The van der Waals surface area contributed by atoms with Crippen LogP contribution in [0.25, 0.3) is 66.8 Å². The highest BCUT2D eigenvalue weighted by Crippen LogP contribution is 2.66. The summed E-state index contributed by atoms with van der Waals surface area (Å²) in [5, 5.41) is 0. The number of benzene rings is 12. The van der Waals surface area contributed by atoms with Crippen LogP contribution < -0.4 is 9.80 Å². The first kappa shape index (κ1) is 45.6. The van der Waals surface area contributed by atoms with Crippen molar-refractivity contribution in [1.29, 1.82) is 0 Å². The summed E-state index contributed by atoms with van der Waals surface area (Å²) in [6, 6.07) is 108. The lowest BCUT2D eigenvalue weighted by molar-refractivity contribution is 0.660. The van der Waals surface area contributed by atoms with Gasteiger partial charge in [0.15, 0.2) is 0 Å². The van der Waals surface area contributed by atoms with Crippen molar-refractivity contribution < 1.29 is 0 Å². The van der Waals surface area contributed by atoms with Crippen LogP contribution in [0.5, 0.6) is 0 Å². The molecule has 1 unspecified atom stereocenters. The van der Waals surface area contributed by atoms with Gasteiger partial charge in [0.25, 0.3) is 0 Å². The smallest absolute Gasteiger partial charge is 0.0733 e. The maximum absolute atomic E-state index is 2.56. The molecule has 0 heterocycles. The average molecular weight is 995 g/mol. The van der Waals surface area contributed by atoms with Gasteiger partial charge in [-0.2, -0.15) is 0 Å². The van der Waals surface area contributed by atoms with Gasteiger partial charge in [-0.3, -0.25) is 0 Å². The van der Waals surface area contributed by atoms with Crippen LogP contribution in [0.15, 0.2) is 291 Å². The van der Waals surface area contributed by atoms with E-state index in [2.05, 4.69) is 315 Å². The molecular weight excluding hydrogens is 941 g/mol. The Balaban J connectivity index is 1.03. The van der Waals surface area contributed by atoms with Gasteiger partial charge in [0.05, 0.1) is 11.1 Å². The third-order valence-corrected chi connectivity index (χ3v) is 17.1. The van der Waals surface area contributed by atoms with E-state index in [1.165, 1.54) is 94.6 Å². The third-order valence-electron chi connectivity index (χ3n) is 17.1. The molecule has 0 saturated carbocycles. The lowest BCUT2D eigenvalue weighted by atomic mass is 9.68. The van der Waals surface area contributed by atoms with E-state index >= 15 is 0 Å². The highest BCUT2D eigenvalue weighted by atomic mass is 15.1. The minimum atomic E-state index is -0.742. The first-order valence-corrected chi connectivity index (χ1v) is 27.2. The largest absolute Gasteiger partial charge is 0.310 e. The molecule has 0 aromatic heterocycles. The maximum Gasteiger partial charge on any atom is 0.0733 e. The lowest BCUT2D eigenvalue weighted by Gasteiger charge is -2.35. The van der Waals surface area contributed by atoms with Gasteiger partial charge in [-0.25, -0.2) is 0 Å². The monoisotopic (exact) mass is 994 g/mol. The van der Waals surface area contributed by atoms with E-state index in [0.717, 1.165) is 39.7 Å². The fraction of sp³-hybridized carbons (Fsp3) is 0.0526. The summed E-state index contributed by atoms with van der Waals surface area (Å²) in [7, 11) is 0. The Hall–Kier alpha value is -9.76. The van der Waals surface area contributed by atoms with Gasteiger partial charge >= 0.3 is 0 Å². The Morgan fingerprint density at radius 1 is 0.231 bits per heavy atom. The first-order chi connectivity index (χ1) is 38.5. The Morgan fingerprint density at radius 2 is 0.654 bits per heavy atom. The highest BCUT2D eigenvalue weighted by molar-refractivity contribution is 6.03. The molecule has 2 heteroatoms. The van der Waals surface area contributed by atoms with Crippen molar-refractivity contribution in [2.75, 3.05) is 9.80 Å². The van der Waals surface area contributed by atoms with E-state index in [1.54, 1.807) is 0 Å². The van der Waals surface area contributed by atoms with E-state index in [4.69, 9.17) is 0 Å². The Kier molecular flexibility index (Phi) is 10.5. The summed E-state index contributed by atoms with van der Waals surface area (Å²) in [6.07, 6.45) is 0. The molecule has 12 aromatic rings. The van der Waals surface area contributed by atoms with E-state index in [0.29, 0.717) is 0 Å². The van der Waals surface area contributed by atoms with Crippen molar-refractivity contribution >= 4 is 34.1 Å². The van der Waals surface area contributed by atoms with Crippen LogP contribution in [0.1, 0.15) is 47.2 Å². The molecule has 0 aliphatic heterocycles. The molecule has 12 aromatic carbocycles. The van der Waals surface area contributed by atoms with Crippen LogP contribution in [0.4, 0.5) is 34.1 Å². The van der Waals surface area contributed by atoms with Crippen molar-refractivity contribution in [2.24, 2.45) is 0 Å². The lowest BCUT2D eigenvalue weighted by Crippen LogP contribution is -2.27. The summed E-state index contributed by atoms with van der Waals surface area (Å²) in [4.78, 5) is 4.94. The maximum atomic E-state index is 2.56. The molecule has 0 radical (unpaired) electrons. The molecule has 3 aliphatic carbocycles. The molecule has 0 fully saturated rings. The molecule has 1 spiro atoms. The summed E-state index contributed by atoms with van der Waals surface area (Å²) in [5.74, 6) is 0. The topological polar surface area (TPSA) is 6.48 Å². The summed E-state index contributed by atoms with van der Waals surface area (Å²) in [5.41, 5.74) is 28.4. The molecule has 78 heavy (non-hydrogen) atoms. The molecule has 15 rings (SSSR count). The molecule has 0 bridgehead atoms. The fourth-order valence-corrected chi connectivity index (χ4v) is 13.6. The van der Waals surface area contributed by atoms with Gasteiger partial charge in [-0.1, -0.05) is 232 Å². The zero-order valence-electron chi connectivity index (χ0n) is 43.6. The molecule has 0 N–H and O–H groups in total. The molecule has 368 valence electrons. The molecule has 2 nitrogen and oxygen atoms in total. The SMILES string of the molecule is CC1(C)c2ccccc2-c2cc(N(c3ccccc3)c3ccc4c(c3)C3(c5ccccc5-c5cc(-c6ccccc6)c(N(c6ccccc6)c6ccccc6)cc53)c3c(-c5ccc(-c6ccccc6)cc5)cccc3-4)ccc21. The van der Waals surface area contributed by atoms with Crippen molar-refractivity contribution in [3.8, 4) is 66.8 Å². The van der Waals surface area contributed by atoms with Crippen molar-refractivity contribution in [2.45, 2.75) is 24.7 Å². The number of hydrogen-bond donors (Lipinski definition) is 0. The Bertz CT molecular complexity index is 4220. The van der Waals surface area contributed by atoms with Gasteiger partial charge in [-0.15, -0.1) is 0 Å². The van der Waals surface area contributed by atoms with Crippen LogP contribution in [0.3, 0.4) is 0 Å². The normalized spacial score (nSPS) is 14.7. The summed E-state index contributed by atoms with van der Waals surface area (Å²) >= 11 is 0. The van der Waals surface area contributed by atoms with E-state index < -0.39 is 5.41 Å². The second kappa shape index (κ2) is 17.9. The van der Waals surface area contributed by atoms with E-state index in [1.807, 2.05) is 0 Å². The van der Waals surface area contributed by atoms with Crippen molar-refractivity contribution in [3.63, 3.8) is 0 Å². The molecule has 0 amide bonds. The van der Waals surface area contributed by atoms with Gasteiger partial charge in [-0.05, 0) is 167 Å². The van der Waals surface area contributed by atoms with Crippen LogP contribution in [-0.4, -0.2) is 0 Å². The summed E-state index contributed by atoms with van der Waals surface area (Å²) in [6.45, 7) is 4.72. The second-order valence-corrected chi connectivity index (χ2v) is 21.6. The average Bonchev–Trinajstić information content (AvgIpc) is 2.90. The third kappa shape index (κ3) is 6.89. The number of nitrogens with zero attached hydrogens (tertiary/aromatic N) is 2. The van der Waals surface area contributed by atoms with Crippen LogP contribution >= 0.6 is 0 Å². The van der Waals surface area contributed by atoms with Gasteiger partial charge < -0.3 is 9.80 Å². The molecule has 0 saturated heterocycles. The molecular formula is C76H54N2. The van der Waals surface area contributed by atoms with E-state index in [-0.39, 0.29) is 5.41 Å². The van der Waals surface area contributed by atoms with Crippen LogP contribution in [-0.2, 0) is 10.8 Å². The minimum absolute atomic E-state index is 0.105. The predicted molar refractivity (Wildman–Crippen MR) is 326 cm³/mol. The Labute approximate surface area is 457 Å². The van der Waals surface area contributed by atoms with Crippen LogP contribution in [0.2, 0.25) is 0 Å². The zero-order chi connectivity index (χ0) is 52.0. The van der Waals surface area contributed by atoms with Gasteiger partial charge in [0.2, 0.25) is 0 Å². The number of fused-ring (bicyclic) bond motifs is 13. The number of hydrogen-bond acceptors (Lipinski definition) is 2. The van der Waals surface area contributed by atoms with Crippen molar-refractivity contribution in [1.82, 2.24) is 0 Å². The Morgan fingerprint density at radius 3 is 1.31 bits per heavy atom. The summed E-state index contributed by atoms with van der Waals surface area (Å²) < 4.78 is 0. The first-order valence-electron chi connectivity index (χ1n) is 27.2. The van der Waals surface area contributed by atoms with E-state index in [9.17, 15) is 0 Å². The second-order valence-electron chi connectivity index (χ2n) is 21.6. The zero-order valence-corrected chi connectivity index (χ0v) is 43.6. The predicted octanol–water partition coefficient (Wildman–Crippen LogP) is 20.3. The number of anilines is 6. The van der Waals surface area contributed by atoms with Crippen LogP contribution in [0, 0.1) is 0 Å². The number of rotatable bonds is 9.